The number of phenolic OH excluding ortho intramolecular Hbond substituents is 1. The van der Waals surface area contributed by atoms with Crippen molar-refractivity contribution in [1.29, 1.82) is 0 Å². The molecule has 0 saturated carbocycles. The number of carbonyl (C=O) groups is 1. The summed E-state index contributed by atoms with van der Waals surface area (Å²) in [5, 5.41) is 22.1. The van der Waals surface area contributed by atoms with Crippen molar-refractivity contribution >= 4 is 5.97 Å². The Balaban J connectivity index is 2.55. The number of aromatic hydroxyl groups is 1. The zero-order valence-corrected chi connectivity index (χ0v) is 7.53. The summed E-state index contributed by atoms with van der Waals surface area (Å²) in [6.07, 6.45) is 2.67. The maximum Gasteiger partial charge on any atom is 0.335 e. The van der Waals surface area contributed by atoms with E-state index in [4.69, 9.17) is 5.11 Å². The Morgan fingerprint density at radius 2 is 2.20 bits per heavy atom. The third kappa shape index (κ3) is 1.64. The Morgan fingerprint density at radius 3 is 2.80 bits per heavy atom. The van der Waals surface area contributed by atoms with Crippen LogP contribution < -0.4 is 0 Å². The summed E-state index contributed by atoms with van der Waals surface area (Å²) in [4.78, 5) is 14.4. The molecule has 0 unspecified atom stereocenters. The number of nitrogens with zero attached hydrogens (tertiary/aromatic N) is 3. The van der Waals surface area contributed by atoms with Gasteiger partial charge >= 0.3 is 5.97 Å². The van der Waals surface area contributed by atoms with Gasteiger partial charge in [-0.3, -0.25) is 0 Å². The number of rotatable bonds is 2. The van der Waals surface area contributed by atoms with Gasteiger partial charge in [-0.15, -0.1) is 0 Å². The monoisotopic (exact) mass is 205 g/mol. The lowest BCUT2D eigenvalue weighted by molar-refractivity contribution is 0.0697. The zero-order valence-electron chi connectivity index (χ0n) is 7.53. The van der Waals surface area contributed by atoms with Crippen molar-refractivity contribution < 1.29 is 15.0 Å². The number of carboxylic acid groups (broad SMARTS) is 1. The molecule has 2 rings (SSSR count). The number of aromatic carboxylic acids is 1. The fourth-order valence-corrected chi connectivity index (χ4v) is 1.17. The predicted molar refractivity (Wildman–Crippen MR) is 50.0 cm³/mol. The molecular weight excluding hydrogens is 198 g/mol. The first-order valence-electron chi connectivity index (χ1n) is 4.10. The molecule has 0 aliphatic carbocycles. The van der Waals surface area contributed by atoms with Gasteiger partial charge in [-0.25, -0.2) is 14.5 Å². The second kappa shape index (κ2) is 3.41. The van der Waals surface area contributed by atoms with Gasteiger partial charge in [0.25, 0.3) is 0 Å². The first-order chi connectivity index (χ1) is 7.18. The van der Waals surface area contributed by atoms with Gasteiger partial charge in [-0.05, 0) is 18.2 Å². The average Bonchev–Trinajstić information content (AvgIpc) is 2.71. The molecule has 6 heteroatoms. The largest absolute Gasteiger partial charge is 0.506 e. The van der Waals surface area contributed by atoms with Crippen molar-refractivity contribution in [3.63, 3.8) is 0 Å². The lowest BCUT2D eigenvalue weighted by atomic mass is 10.2. The van der Waals surface area contributed by atoms with E-state index in [0.717, 1.165) is 0 Å². The second-order valence-electron chi connectivity index (χ2n) is 2.85. The van der Waals surface area contributed by atoms with Crippen LogP contribution in [0.25, 0.3) is 5.69 Å². The first-order valence-corrected chi connectivity index (χ1v) is 4.10. The van der Waals surface area contributed by atoms with Crippen LogP contribution in [0, 0.1) is 0 Å². The Bertz CT molecular complexity index is 493. The smallest absolute Gasteiger partial charge is 0.335 e. The van der Waals surface area contributed by atoms with Gasteiger partial charge in [0.05, 0.1) is 5.56 Å². The predicted octanol–water partition coefficient (Wildman–Crippen LogP) is 0.671. The van der Waals surface area contributed by atoms with Crippen LogP contribution in [0.15, 0.2) is 30.9 Å². The van der Waals surface area contributed by atoms with Crippen LogP contribution in [-0.4, -0.2) is 30.9 Å². The fourth-order valence-electron chi connectivity index (χ4n) is 1.17. The van der Waals surface area contributed by atoms with Crippen LogP contribution in [0.1, 0.15) is 10.4 Å². The van der Waals surface area contributed by atoms with Gasteiger partial charge < -0.3 is 10.2 Å². The minimum atomic E-state index is -1.06. The van der Waals surface area contributed by atoms with Crippen molar-refractivity contribution in [3.05, 3.63) is 36.4 Å². The Hall–Kier alpha value is -2.37. The van der Waals surface area contributed by atoms with Crippen LogP contribution in [0.5, 0.6) is 5.75 Å². The van der Waals surface area contributed by atoms with Crippen LogP contribution in [0.3, 0.4) is 0 Å². The fraction of sp³-hybridized carbons (Fsp3) is 0. The van der Waals surface area contributed by atoms with Gasteiger partial charge in [0, 0.05) is 0 Å². The molecule has 2 N–H and O–H groups in total. The van der Waals surface area contributed by atoms with E-state index >= 15 is 0 Å². The second-order valence-corrected chi connectivity index (χ2v) is 2.85. The van der Waals surface area contributed by atoms with E-state index in [-0.39, 0.29) is 17.0 Å². The molecule has 6 nitrogen and oxygen atoms in total. The van der Waals surface area contributed by atoms with Gasteiger partial charge in [-0.2, -0.15) is 5.10 Å². The van der Waals surface area contributed by atoms with E-state index in [0.29, 0.717) is 0 Å². The highest BCUT2D eigenvalue weighted by molar-refractivity contribution is 5.88. The molecule has 0 radical (unpaired) electrons. The molecule has 0 aliphatic heterocycles. The molecular formula is C9H7N3O3. The van der Waals surface area contributed by atoms with Crippen molar-refractivity contribution in [3.8, 4) is 11.4 Å². The zero-order chi connectivity index (χ0) is 10.8. The number of benzene rings is 1. The number of phenols is 1. The molecule has 0 saturated heterocycles. The maximum absolute atomic E-state index is 10.7. The van der Waals surface area contributed by atoms with Crippen molar-refractivity contribution in [2.24, 2.45) is 0 Å². The quantitative estimate of drug-likeness (QED) is 0.752. The SMILES string of the molecule is O=C(O)c1ccc(O)c(-n2cncn2)c1. The van der Waals surface area contributed by atoms with Crippen LogP contribution >= 0.6 is 0 Å². The molecule has 15 heavy (non-hydrogen) atoms. The lowest BCUT2D eigenvalue weighted by Gasteiger charge is -2.04. The molecule has 76 valence electrons. The first kappa shape index (κ1) is 9.20. The Labute approximate surface area is 84.4 Å². The highest BCUT2D eigenvalue weighted by Gasteiger charge is 2.09. The van der Waals surface area contributed by atoms with Crippen molar-refractivity contribution in [2.45, 2.75) is 0 Å². The van der Waals surface area contributed by atoms with E-state index in [1.54, 1.807) is 0 Å². The molecule has 0 fully saturated rings. The molecule has 1 aromatic carbocycles. The van der Waals surface area contributed by atoms with Crippen LogP contribution in [0.4, 0.5) is 0 Å². The molecule has 2 aromatic rings. The molecule has 1 heterocycles. The molecule has 0 aliphatic rings. The number of aromatic nitrogens is 3. The number of carboxylic acids is 1. The number of hydrogen-bond acceptors (Lipinski definition) is 4. The summed E-state index contributed by atoms with van der Waals surface area (Å²) < 4.78 is 1.29. The third-order valence-electron chi connectivity index (χ3n) is 1.89. The Morgan fingerprint density at radius 1 is 1.40 bits per heavy atom. The summed E-state index contributed by atoms with van der Waals surface area (Å²) >= 11 is 0. The summed E-state index contributed by atoms with van der Waals surface area (Å²) in [5.41, 5.74) is 0.366. The van der Waals surface area contributed by atoms with Gasteiger partial charge in [0.15, 0.2) is 0 Å². The normalized spacial score (nSPS) is 10.1. The molecule has 0 bridgehead atoms. The topological polar surface area (TPSA) is 88.2 Å². The van der Waals surface area contributed by atoms with Crippen LogP contribution in [0.2, 0.25) is 0 Å². The Kier molecular flexibility index (Phi) is 2.09. The molecule has 0 amide bonds. The van der Waals surface area contributed by atoms with Gasteiger partial charge in [0.2, 0.25) is 0 Å². The minimum absolute atomic E-state index is 0.0505. The highest BCUT2D eigenvalue weighted by atomic mass is 16.4. The van der Waals surface area contributed by atoms with E-state index in [1.165, 1.54) is 35.5 Å². The molecule has 0 spiro atoms. The third-order valence-corrected chi connectivity index (χ3v) is 1.89. The van der Waals surface area contributed by atoms with E-state index in [2.05, 4.69) is 10.1 Å². The summed E-state index contributed by atoms with van der Waals surface area (Å²) in [5.74, 6) is -1.11. The minimum Gasteiger partial charge on any atom is -0.506 e. The summed E-state index contributed by atoms with van der Waals surface area (Å²) in [6.45, 7) is 0. The number of hydrogen-bond donors (Lipinski definition) is 2. The summed E-state index contributed by atoms with van der Waals surface area (Å²) in [6, 6.07) is 3.95. The standard InChI is InChI=1S/C9H7N3O3/c13-8-2-1-6(9(14)15)3-7(8)12-5-10-4-11-12/h1-5,13H,(H,14,15). The van der Waals surface area contributed by atoms with E-state index in [9.17, 15) is 9.90 Å². The summed E-state index contributed by atoms with van der Waals surface area (Å²) in [7, 11) is 0. The van der Waals surface area contributed by atoms with E-state index in [1.807, 2.05) is 0 Å². The van der Waals surface area contributed by atoms with Crippen molar-refractivity contribution in [2.75, 3.05) is 0 Å². The molecule has 1 aromatic heterocycles. The lowest BCUT2D eigenvalue weighted by Crippen LogP contribution is -2.00. The average molecular weight is 205 g/mol. The van der Waals surface area contributed by atoms with Crippen LogP contribution in [-0.2, 0) is 0 Å². The maximum atomic E-state index is 10.7. The van der Waals surface area contributed by atoms with Crippen molar-refractivity contribution in [1.82, 2.24) is 14.8 Å². The van der Waals surface area contributed by atoms with Gasteiger partial charge in [0.1, 0.15) is 24.1 Å². The highest BCUT2D eigenvalue weighted by Crippen LogP contribution is 2.21. The van der Waals surface area contributed by atoms with Gasteiger partial charge in [-0.1, -0.05) is 0 Å². The molecule has 0 atom stereocenters. The van der Waals surface area contributed by atoms with E-state index < -0.39 is 5.97 Å².